The van der Waals surface area contributed by atoms with Gasteiger partial charge in [-0.2, -0.15) is 0 Å². The third-order valence-electron chi connectivity index (χ3n) is 5.98. The summed E-state index contributed by atoms with van der Waals surface area (Å²) >= 11 is 13.4. The highest BCUT2D eigenvalue weighted by atomic mass is 35.5. The highest BCUT2D eigenvalue weighted by molar-refractivity contribution is 7.16. The van der Waals surface area contributed by atoms with Crippen LogP contribution in [-0.4, -0.2) is 55.9 Å². The third kappa shape index (κ3) is 5.22. The van der Waals surface area contributed by atoms with Gasteiger partial charge in [0, 0.05) is 23.0 Å². The molecule has 39 heavy (non-hydrogen) atoms. The fraction of sp³-hybridized carbons (Fsp3) is 0.240. The average Bonchev–Trinajstić information content (AvgIpc) is 3.47. The number of anilines is 1. The van der Waals surface area contributed by atoms with E-state index in [1.165, 1.54) is 38.0 Å². The summed E-state index contributed by atoms with van der Waals surface area (Å²) in [6.07, 6.45) is 3.00. The molecule has 0 saturated carbocycles. The lowest BCUT2D eigenvalue weighted by atomic mass is 10.0. The minimum Gasteiger partial charge on any atom is -0.494 e. The number of fused-ring (bicyclic) bond motifs is 1. The van der Waals surface area contributed by atoms with Crippen LogP contribution in [0.15, 0.2) is 24.5 Å². The van der Waals surface area contributed by atoms with E-state index >= 15 is 0 Å². The van der Waals surface area contributed by atoms with Crippen LogP contribution in [-0.2, 0) is 13.1 Å². The zero-order valence-electron chi connectivity index (χ0n) is 21.2. The second-order valence-electron chi connectivity index (χ2n) is 8.54. The van der Waals surface area contributed by atoms with E-state index in [-0.39, 0.29) is 34.3 Å². The van der Waals surface area contributed by atoms with E-state index < -0.39 is 5.91 Å². The van der Waals surface area contributed by atoms with Crippen molar-refractivity contribution in [1.82, 2.24) is 29.8 Å². The third-order valence-corrected chi connectivity index (χ3v) is 7.44. The van der Waals surface area contributed by atoms with Gasteiger partial charge in [0.25, 0.3) is 17.7 Å². The van der Waals surface area contributed by atoms with Crippen LogP contribution in [0.3, 0.4) is 0 Å². The van der Waals surface area contributed by atoms with Crippen LogP contribution in [0.25, 0.3) is 11.1 Å². The van der Waals surface area contributed by atoms with Crippen molar-refractivity contribution in [1.29, 1.82) is 0 Å². The first-order chi connectivity index (χ1) is 18.7. The van der Waals surface area contributed by atoms with Crippen LogP contribution >= 0.6 is 34.5 Å². The number of aromatic nitrogens is 5. The van der Waals surface area contributed by atoms with Gasteiger partial charge in [0.15, 0.2) is 16.0 Å². The van der Waals surface area contributed by atoms with Gasteiger partial charge in [-0.25, -0.2) is 19.9 Å². The number of rotatable bonds is 6. The van der Waals surface area contributed by atoms with Crippen LogP contribution in [0.1, 0.15) is 42.8 Å². The van der Waals surface area contributed by atoms with Crippen molar-refractivity contribution in [3.05, 3.63) is 68.0 Å². The number of nitrogens with zero attached hydrogens (tertiary/aromatic N) is 6. The Morgan fingerprint density at radius 1 is 1.00 bits per heavy atom. The van der Waals surface area contributed by atoms with Gasteiger partial charge in [-0.1, -0.05) is 34.5 Å². The predicted octanol–water partition coefficient (Wildman–Crippen LogP) is 4.74. The summed E-state index contributed by atoms with van der Waals surface area (Å²) in [4.78, 5) is 50.2. The van der Waals surface area contributed by atoms with Gasteiger partial charge in [0.05, 0.1) is 55.3 Å². The molecule has 0 bridgehead atoms. The van der Waals surface area contributed by atoms with Crippen LogP contribution in [0.2, 0.25) is 10.3 Å². The second kappa shape index (κ2) is 10.7. The zero-order valence-corrected chi connectivity index (χ0v) is 23.5. The normalized spacial score (nSPS) is 12.3. The Balaban J connectivity index is 1.35. The molecule has 4 aromatic rings. The molecule has 0 unspecified atom stereocenters. The number of carbonyl (C=O) groups excluding carboxylic acids is 2. The summed E-state index contributed by atoms with van der Waals surface area (Å²) in [5.74, 6) is -0.160. The van der Waals surface area contributed by atoms with Gasteiger partial charge in [0.2, 0.25) is 0 Å². The Labute approximate surface area is 237 Å². The molecule has 1 aliphatic heterocycles. The van der Waals surface area contributed by atoms with Crippen LogP contribution in [0, 0.1) is 13.8 Å². The molecule has 11 nitrogen and oxygen atoms in total. The van der Waals surface area contributed by atoms with Gasteiger partial charge in [-0.3, -0.25) is 19.9 Å². The van der Waals surface area contributed by atoms with E-state index in [2.05, 4.69) is 30.2 Å². The van der Waals surface area contributed by atoms with Gasteiger partial charge >= 0.3 is 0 Å². The maximum absolute atomic E-state index is 13.3. The number of ether oxygens (including phenoxy) is 2. The van der Waals surface area contributed by atoms with Crippen molar-refractivity contribution in [3.63, 3.8) is 0 Å². The number of thiazole rings is 1. The van der Waals surface area contributed by atoms with E-state index in [1.807, 2.05) is 6.92 Å². The molecule has 0 aromatic carbocycles. The van der Waals surface area contributed by atoms with Crippen molar-refractivity contribution in [2.45, 2.75) is 26.9 Å². The topological polar surface area (TPSA) is 132 Å². The molecule has 0 atom stereocenters. The largest absolute Gasteiger partial charge is 0.494 e. The van der Waals surface area contributed by atoms with Crippen molar-refractivity contribution < 1.29 is 19.1 Å². The Morgan fingerprint density at radius 3 is 2.51 bits per heavy atom. The molecule has 5 heterocycles. The number of aryl methyl sites for hydroxylation is 2. The highest BCUT2D eigenvalue weighted by Crippen LogP contribution is 2.36. The molecule has 2 amide bonds. The molecule has 1 aliphatic rings. The van der Waals surface area contributed by atoms with E-state index in [9.17, 15) is 9.59 Å². The van der Waals surface area contributed by atoms with E-state index in [0.717, 1.165) is 4.88 Å². The maximum atomic E-state index is 13.3. The number of halogens is 2. The monoisotopic (exact) mass is 585 g/mol. The number of methoxy groups -OCH3 is 2. The molecule has 0 radical (unpaired) electrons. The minimum atomic E-state index is -0.396. The van der Waals surface area contributed by atoms with Gasteiger partial charge in [0.1, 0.15) is 10.9 Å². The average molecular weight is 586 g/mol. The Bertz CT molecular complexity index is 1600. The molecule has 14 heteroatoms. The molecule has 0 fully saturated rings. The van der Waals surface area contributed by atoms with Crippen molar-refractivity contribution in [2.24, 2.45) is 0 Å². The van der Waals surface area contributed by atoms with Crippen LogP contribution in [0.4, 0.5) is 5.13 Å². The fourth-order valence-corrected chi connectivity index (χ4v) is 5.50. The molecule has 1 N–H and O–H groups in total. The second-order valence-corrected chi connectivity index (χ2v) is 10.4. The molecule has 5 rings (SSSR count). The lowest BCUT2D eigenvalue weighted by Crippen LogP contribution is -2.27. The summed E-state index contributed by atoms with van der Waals surface area (Å²) in [7, 11) is 2.93. The summed E-state index contributed by atoms with van der Waals surface area (Å²) in [5, 5.41) is 3.62. The lowest BCUT2D eigenvalue weighted by molar-refractivity contribution is 0.0742. The molecule has 0 aliphatic carbocycles. The van der Waals surface area contributed by atoms with Crippen molar-refractivity contribution in [2.75, 3.05) is 19.5 Å². The standard InChI is InChI=1S/C25H21Cl2N7O4S/c1-11-5-13(14-6-19(26)29-8-17(14)37-3)15(7-28-11)22(35)33-25-31-16-9-34(10-18(16)39-25)24(36)20-12(2)30-21(27)23(32-20)38-4/h5-8H,9-10H2,1-4H3,(H,31,33,35). The van der Waals surface area contributed by atoms with E-state index in [1.54, 1.807) is 24.0 Å². The van der Waals surface area contributed by atoms with E-state index in [4.69, 9.17) is 32.7 Å². The first-order valence-electron chi connectivity index (χ1n) is 11.5. The van der Waals surface area contributed by atoms with Crippen molar-refractivity contribution in [3.8, 4) is 22.8 Å². The number of pyridine rings is 2. The maximum Gasteiger partial charge on any atom is 0.275 e. The summed E-state index contributed by atoms with van der Waals surface area (Å²) in [6.45, 7) is 4.06. The van der Waals surface area contributed by atoms with Crippen molar-refractivity contribution >= 4 is 51.5 Å². The first kappa shape index (κ1) is 26.7. The molecular weight excluding hydrogens is 565 g/mol. The molecular formula is C25H21Cl2N7O4S. The van der Waals surface area contributed by atoms with E-state index in [0.29, 0.717) is 51.2 Å². The minimum absolute atomic E-state index is 0.0827. The van der Waals surface area contributed by atoms with Gasteiger partial charge in [-0.15, -0.1) is 0 Å². The van der Waals surface area contributed by atoms with Crippen LogP contribution < -0.4 is 14.8 Å². The molecule has 4 aromatic heterocycles. The Hall–Kier alpha value is -3.87. The summed E-state index contributed by atoms with van der Waals surface area (Å²) < 4.78 is 10.5. The Kier molecular flexibility index (Phi) is 7.34. The van der Waals surface area contributed by atoms with Gasteiger partial charge in [-0.05, 0) is 26.0 Å². The number of hydrogen-bond donors (Lipinski definition) is 1. The number of carbonyl (C=O) groups is 2. The SMILES string of the molecule is COc1cnc(Cl)cc1-c1cc(C)ncc1C(=O)Nc1nc2c(s1)CN(C(=O)c1nc(OC)c(Cl)nc1C)C2. The molecule has 0 spiro atoms. The molecule has 0 saturated heterocycles. The quantitative estimate of drug-likeness (QED) is 0.318. The number of nitrogens with one attached hydrogen (secondary N) is 1. The summed E-state index contributed by atoms with van der Waals surface area (Å²) in [6, 6.07) is 3.42. The number of amides is 2. The zero-order chi connectivity index (χ0) is 27.8. The summed E-state index contributed by atoms with van der Waals surface area (Å²) in [5.41, 5.74) is 3.49. The fourth-order valence-electron chi connectivity index (χ4n) is 4.11. The Morgan fingerprint density at radius 2 is 1.79 bits per heavy atom. The lowest BCUT2D eigenvalue weighted by Gasteiger charge is -2.16. The predicted molar refractivity (Wildman–Crippen MR) is 146 cm³/mol. The van der Waals surface area contributed by atoms with Gasteiger partial charge < -0.3 is 14.4 Å². The smallest absolute Gasteiger partial charge is 0.275 e. The highest BCUT2D eigenvalue weighted by Gasteiger charge is 2.31. The van der Waals surface area contributed by atoms with Crippen LogP contribution in [0.5, 0.6) is 11.6 Å². The first-order valence-corrected chi connectivity index (χ1v) is 13.1. The molecule has 200 valence electrons. The number of hydrogen-bond acceptors (Lipinski definition) is 10.